The summed E-state index contributed by atoms with van der Waals surface area (Å²) in [5, 5.41) is 2.88. The predicted molar refractivity (Wildman–Crippen MR) is 122 cm³/mol. The first-order chi connectivity index (χ1) is 15.2. The van der Waals surface area contributed by atoms with E-state index in [4.69, 9.17) is 22.8 Å². The van der Waals surface area contributed by atoms with Crippen LogP contribution in [-0.4, -0.2) is 44.9 Å². The van der Waals surface area contributed by atoms with Crippen LogP contribution in [0.3, 0.4) is 0 Å². The van der Waals surface area contributed by atoms with Crippen molar-refractivity contribution in [2.24, 2.45) is 0 Å². The number of nitrogens with zero attached hydrogens (tertiary/aromatic N) is 1. The number of sulfone groups is 1. The van der Waals surface area contributed by atoms with Crippen LogP contribution >= 0.6 is 11.6 Å². The fraction of sp³-hybridized carbons (Fsp3) is 0.304. The number of nitrogens with one attached hydrogen (secondary N) is 1. The van der Waals surface area contributed by atoms with Gasteiger partial charge in [0.2, 0.25) is 5.91 Å². The third-order valence-electron chi connectivity index (χ3n) is 5.37. The number of aryl methyl sites for hydroxylation is 1. The van der Waals surface area contributed by atoms with Crippen molar-refractivity contribution in [2.75, 3.05) is 24.0 Å². The number of ether oxygens (including phenoxy) is 1. The SMILES string of the molecule is C#CC(=O)N(c1cccc(Cl)c1)C1(C(=O)NCS(=O)(=O)c2ccc(C)cc2)CCOCC1. The molecule has 168 valence electrons. The lowest BCUT2D eigenvalue weighted by atomic mass is 9.86. The maximum Gasteiger partial charge on any atom is 0.303 e. The van der Waals surface area contributed by atoms with Crippen LogP contribution in [0.5, 0.6) is 0 Å². The molecule has 9 heteroatoms. The van der Waals surface area contributed by atoms with Gasteiger partial charge in [0.15, 0.2) is 9.84 Å². The summed E-state index contributed by atoms with van der Waals surface area (Å²) in [4.78, 5) is 27.6. The van der Waals surface area contributed by atoms with Crippen molar-refractivity contribution in [1.82, 2.24) is 5.32 Å². The fourth-order valence-electron chi connectivity index (χ4n) is 3.65. The summed E-state index contributed by atoms with van der Waals surface area (Å²) >= 11 is 6.11. The summed E-state index contributed by atoms with van der Waals surface area (Å²) in [5.74, 6) is 0.0926. The molecule has 1 saturated heterocycles. The number of hydrogen-bond acceptors (Lipinski definition) is 5. The van der Waals surface area contributed by atoms with Crippen LogP contribution in [-0.2, 0) is 24.2 Å². The lowest BCUT2D eigenvalue weighted by Gasteiger charge is -2.43. The number of terminal acetylenes is 1. The van der Waals surface area contributed by atoms with Gasteiger partial charge >= 0.3 is 5.91 Å². The summed E-state index contributed by atoms with van der Waals surface area (Å²) in [6.45, 7) is 2.25. The van der Waals surface area contributed by atoms with Crippen molar-refractivity contribution in [2.45, 2.75) is 30.2 Å². The summed E-state index contributed by atoms with van der Waals surface area (Å²) in [6.07, 6.45) is 5.70. The molecule has 0 saturated carbocycles. The van der Waals surface area contributed by atoms with Gasteiger partial charge in [-0.15, -0.1) is 6.42 Å². The van der Waals surface area contributed by atoms with Crippen LogP contribution in [0.15, 0.2) is 53.4 Å². The fourth-order valence-corrected chi connectivity index (χ4v) is 4.88. The molecule has 1 heterocycles. The average Bonchev–Trinajstić information content (AvgIpc) is 2.78. The lowest BCUT2D eigenvalue weighted by Crippen LogP contribution is -2.63. The minimum Gasteiger partial charge on any atom is -0.381 e. The van der Waals surface area contributed by atoms with E-state index in [1.54, 1.807) is 30.3 Å². The van der Waals surface area contributed by atoms with Gasteiger partial charge in [-0.25, -0.2) is 8.42 Å². The molecule has 0 aromatic heterocycles. The summed E-state index contributed by atoms with van der Waals surface area (Å²) < 4.78 is 30.9. The maximum absolute atomic E-state index is 13.4. The summed E-state index contributed by atoms with van der Waals surface area (Å²) in [5.41, 5.74) is -0.159. The Hall–Kier alpha value is -2.86. The second kappa shape index (κ2) is 9.74. The van der Waals surface area contributed by atoms with Crippen molar-refractivity contribution >= 4 is 38.9 Å². The van der Waals surface area contributed by atoms with Gasteiger partial charge in [-0.3, -0.25) is 14.5 Å². The number of carbonyl (C=O) groups is 2. The van der Waals surface area contributed by atoms with Gasteiger partial charge in [0.1, 0.15) is 11.4 Å². The molecule has 2 amide bonds. The van der Waals surface area contributed by atoms with E-state index < -0.39 is 33.1 Å². The molecule has 32 heavy (non-hydrogen) atoms. The molecule has 1 aliphatic heterocycles. The minimum absolute atomic E-state index is 0.0934. The number of amides is 2. The van der Waals surface area contributed by atoms with Crippen molar-refractivity contribution in [3.63, 3.8) is 0 Å². The van der Waals surface area contributed by atoms with E-state index in [1.165, 1.54) is 23.1 Å². The van der Waals surface area contributed by atoms with Crippen LogP contribution in [0.4, 0.5) is 5.69 Å². The summed E-state index contributed by atoms with van der Waals surface area (Å²) in [6, 6.07) is 12.8. The van der Waals surface area contributed by atoms with Crippen molar-refractivity contribution in [3.05, 3.63) is 59.1 Å². The highest BCUT2D eigenvalue weighted by Crippen LogP contribution is 2.34. The Bertz CT molecular complexity index is 1150. The zero-order valence-electron chi connectivity index (χ0n) is 17.5. The van der Waals surface area contributed by atoms with Crippen LogP contribution in [0.25, 0.3) is 0 Å². The van der Waals surface area contributed by atoms with Crippen molar-refractivity contribution in [1.29, 1.82) is 0 Å². The highest BCUT2D eigenvalue weighted by molar-refractivity contribution is 7.91. The first-order valence-electron chi connectivity index (χ1n) is 9.91. The normalized spacial score (nSPS) is 15.4. The molecule has 0 unspecified atom stereocenters. The molecule has 2 aromatic carbocycles. The zero-order valence-corrected chi connectivity index (χ0v) is 19.1. The monoisotopic (exact) mass is 474 g/mol. The Morgan fingerprint density at radius 2 is 1.84 bits per heavy atom. The van der Waals surface area contributed by atoms with Crippen LogP contribution in [0, 0.1) is 19.3 Å². The Labute approximate surface area is 192 Å². The number of hydrogen-bond donors (Lipinski definition) is 1. The number of benzene rings is 2. The molecule has 3 rings (SSSR count). The van der Waals surface area contributed by atoms with Gasteiger partial charge in [0.25, 0.3) is 0 Å². The van der Waals surface area contributed by atoms with Crippen LogP contribution in [0.2, 0.25) is 5.02 Å². The molecule has 1 fully saturated rings. The second-order valence-corrected chi connectivity index (χ2v) is 9.91. The Kier molecular flexibility index (Phi) is 7.24. The molecule has 1 N–H and O–H groups in total. The van der Waals surface area contributed by atoms with E-state index in [-0.39, 0.29) is 31.0 Å². The Balaban J connectivity index is 1.94. The molecule has 7 nitrogen and oxygen atoms in total. The molecule has 0 radical (unpaired) electrons. The number of halogens is 1. The molecule has 0 aliphatic carbocycles. The molecular weight excluding hydrogens is 452 g/mol. The van der Waals surface area contributed by atoms with Gasteiger partial charge in [-0.2, -0.15) is 0 Å². The average molecular weight is 475 g/mol. The van der Waals surface area contributed by atoms with E-state index >= 15 is 0 Å². The third-order valence-corrected chi connectivity index (χ3v) is 7.12. The van der Waals surface area contributed by atoms with Gasteiger partial charge in [0, 0.05) is 36.8 Å². The molecular formula is C23H23ClN2O5S. The molecule has 0 bridgehead atoms. The Morgan fingerprint density at radius 3 is 2.44 bits per heavy atom. The highest BCUT2D eigenvalue weighted by atomic mass is 35.5. The zero-order chi connectivity index (χ0) is 23.4. The van der Waals surface area contributed by atoms with E-state index in [1.807, 2.05) is 6.92 Å². The standard InChI is InChI=1S/C23H23ClN2O5S/c1-3-21(27)26(19-6-4-5-18(24)15-19)23(11-13-31-14-12-23)22(28)25-16-32(29,30)20-9-7-17(2)8-10-20/h1,4-10,15H,11-14,16H2,2H3,(H,25,28). The van der Waals surface area contributed by atoms with E-state index in [0.29, 0.717) is 10.7 Å². The van der Waals surface area contributed by atoms with Crippen LogP contribution in [0.1, 0.15) is 18.4 Å². The van der Waals surface area contributed by atoms with Crippen molar-refractivity contribution < 1.29 is 22.7 Å². The topological polar surface area (TPSA) is 92.8 Å². The van der Waals surface area contributed by atoms with Gasteiger partial charge in [-0.1, -0.05) is 35.4 Å². The molecule has 2 aromatic rings. The maximum atomic E-state index is 13.4. The highest BCUT2D eigenvalue weighted by Gasteiger charge is 2.48. The van der Waals surface area contributed by atoms with Gasteiger partial charge in [0.05, 0.1) is 4.90 Å². The Morgan fingerprint density at radius 1 is 1.19 bits per heavy atom. The molecule has 0 spiro atoms. The summed E-state index contributed by atoms with van der Waals surface area (Å²) in [7, 11) is -3.79. The largest absolute Gasteiger partial charge is 0.381 e. The number of rotatable bonds is 6. The first kappa shape index (κ1) is 23.8. The van der Waals surface area contributed by atoms with Gasteiger partial charge < -0.3 is 10.1 Å². The molecule has 1 aliphatic rings. The number of anilines is 1. The van der Waals surface area contributed by atoms with Crippen LogP contribution < -0.4 is 10.2 Å². The number of carbonyl (C=O) groups excluding carboxylic acids is 2. The van der Waals surface area contributed by atoms with E-state index in [9.17, 15) is 18.0 Å². The van der Waals surface area contributed by atoms with E-state index in [2.05, 4.69) is 11.2 Å². The second-order valence-electron chi connectivity index (χ2n) is 7.49. The smallest absolute Gasteiger partial charge is 0.303 e. The quantitative estimate of drug-likeness (QED) is 0.650. The predicted octanol–water partition coefficient (Wildman–Crippen LogP) is 2.71. The third kappa shape index (κ3) is 4.96. The lowest BCUT2D eigenvalue weighted by molar-refractivity contribution is -0.132. The van der Waals surface area contributed by atoms with Crippen molar-refractivity contribution in [3.8, 4) is 12.3 Å². The first-order valence-corrected chi connectivity index (χ1v) is 11.9. The molecule has 0 atom stereocenters. The van der Waals surface area contributed by atoms with E-state index in [0.717, 1.165) is 5.56 Å². The van der Waals surface area contributed by atoms with Gasteiger partial charge in [-0.05, 0) is 43.2 Å². The minimum atomic E-state index is -3.79.